The molecule has 0 aromatic heterocycles. The monoisotopic (exact) mass is 117 g/mol. The van der Waals surface area contributed by atoms with Gasteiger partial charge in [0.1, 0.15) is 0 Å². The van der Waals surface area contributed by atoms with Gasteiger partial charge in [0.25, 0.3) is 0 Å². The standard InChI is InChI=1S/CHOS.Fe/c2-1-3;/h(H,2,3);. The molecule has 0 aromatic rings. The van der Waals surface area contributed by atoms with Crippen LogP contribution in [0.25, 0.3) is 0 Å². The third-order valence-electron chi connectivity index (χ3n) is 0. The molecule has 0 fully saturated rings. The Balaban J connectivity index is 2.80. The molecule has 0 saturated carbocycles. The SMILES string of the molecule is O=[C](S)[Fe]. The fraction of sp³-hybridized carbons (Fsp3) is 0. The summed E-state index contributed by atoms with van der Waals surface area (Å²) in [6.07, 6.45) is 0. The molecule has 4 heavy (non-hydrogen) atoms. The van der Waals surface area contributed by atoms with E-state index < -0.39 is 0 Å². The molecule has 0 aliphatic heterocycles. The third kappa shape index (κ3) is 20.7. The summed E-state index contributed by atoms with van der Waals surface area (Å²) in [5, 5.41) is 0. The summed E-state index contributed by atoms with van der Waals surface area (Å²) < 4.78 is -0.389. The zero-order valence-corrected chi connectivity index (χ0v) is 3.71. The first-order valence-electron chi connectivity index (χ1n) is 0.605. The average molecular weight is 117 g/mol. The molecule has 0 unspecified atom stereocenters. The van der Waals surface area contributed by atoms with Crippen molar-refractivity contribution in [1.82, 2.24) is 0 Å². The average Bonchev–Trinajstić information content (AvgIpc) is 0.811. The maximum atomic E-state index is 9.20. The second kappa shape index (κ2) is 1.82. The molecule has 0 spiro atoms. The number of hydrogen-bond donors (Lipinski definition) is 1. The Morgan fingerprint density at radius 1 is 2.00 bits per heavy atom. The van der Waals surface area contributed by atoms with E-state index in [0.29, 0.717) is 0 Å². The zero-order chi connectivity index (χ0) is 3.58. The van der Waals surface area contributed by atoms with E-state index in [1.54, 1.807) is 0 Å². The first kappa shape index (κ1) is 4.54. The van der Waals surface area contributed by atoms with Gasteiger partial charge in [-0.25, -0.2) is 0 Å². The molecule has 1 nitrogen and oxygen atoms in total. The summed E-state index contributed by atoms with van der Waals surface area (Å²) in [6.45, 7) is 0. The van der Waals surface area contributed by atoms with Gasteiger partial charge in [-0.1, -0.05) is 0 Å². The number of carbonyl (C=O) groups excluding carboxylic acids is 1. The Kier molecular flexibility index (Phi) is 2.07. The Labute approximate surface area is 38.0 Å². The molecule has 0 N–H and O–H groups in total. The Morgan fingerprint density at radius 2 is 2.00 bits per heavy atom. The van der Waals surface area contributed by atoms with E-state index in [2.05, 4.69) is 28.6 Å². The molecule has 3 heteroatoms. The molecule has 0 aromatic carbocycles. The van der Waals surface area contributed by atoms with Crippen LogP contribution in [0, 0.1) is 0 Å². The molecule has 0 radical (unpaired) electrons. The van der Waals surface area contributed by atoms with E-state index in [1.165, 1.54) is 0 Å². The molecule has 0 atom stereocenters. The van der Waals surface area contributed by atoms with Gasteiger partial charge in [0.2, 0.25) is 0 Å². The molecule has 0 aliphatic carbocycles. The van der Waals surface area contributed by atoms with Crippen LogP contribution in [0.1, 0.15) is 0 Å². The number of carbonyl (C=O) groups is 1. The Hall–Kier alpha value is 0.539. The van der Waals surface area contributed by atoms with Gasteiger partial charge < -0.3 is 0 Å². The van der Waals surface area contributed by atoms with Crippen molar-refractivity contribution in [3.8, 4) is 0 Å². The predicted molar refractivity (Wildman–Crippen MR) is 14.4 cm³/mol. The van der Waals surface area contributed by atoms with Crippen molar-refractivity contribution >= 4 is 16.6 Å². The molecule has 0 saturated heterocycles. The van der Waals surface area contributed by atoms with Gasteiger partial charge in [-0.05, 0) is 0 Å². The quantitative estimate of drug-likeness (QED) is 0.362. The number of hydrogen-bond acceptors (Lipinski definition) is 1. The predicted octanol–water partition coefficient (Wildman–Crippen LogP) is 0.583. The molecule has 0 bridgehead atoms. The van der Waals surface area contributed by atoms with Crippen LogP contribution in [0.15, 0.2) is 0 Å². The van der Waals surface area contributed by atoms with Crippen molar-refractivity contribution in [1.29, 1.82) is 0 Å². The topological polar surface area (TPSA) is 17.1 Å². The second-order valence-corrected chi connectivity index (χ2v) is 1.55. The molecule has 0 amide bonds. The summed E-state index contributed by atoms with van der Waals surface area (Å²) in [4.78, 5) is 9.20. The van der Waals surface area contributed by atoms with Gasteiger partial charge in [-0.3, -0.25) is 0 Å². The van der Waals surface area contributed by atoms with E-state index >= 15 is 0 Å². The first-order valence-corrected chi connectivity index (χ1v) is 1.60. The molecule has 0 rings (SSSR count). The normalized spacial score (nSPS) is 6.50. The van der Waals surface area contributed by atoms with Crippen LogP contribution in [0.2, 0.25) is 0 Å². The third-order valence-corrected chi connectivity index (χ3v) is 0. The van der Waals surface area contributed by atoms with Gasteiger partial charge in [0, 0.05) is 0 Å². The van der Waals surface area contributed by atoms with E-state index in [0.717, 1.165) is 0 Å². The van der Waals surface area contributed by atoms with E-state index in [-0.39, 0.29) is 4.01 Å². The van der Waals surface area contributed by atoms with E-state index in [9.17, 15) is 4.79 Å². The molecular weight excluding hydrogens is 116 g/mol. The van der Waals surface area contributed by atoms with Crippen LogP contribution in [-0.2, 0) is 16.0 Å². The number of rotatable bonds is 0. The summed E-state index contributed by atoms with van der Waals surface area (Å²) in [5.74, 6) is 0. The van der Waals surface area contributed by atoms with E-state index in [4.69, 9.17) is 0 Å². The van der Waals surface area contributed by atoms with Gasteiger partial charge in [-0.2, -0.15) is 0 Å². The molecule has 25 valence electrons. The van der Waals surface area contributed by atoms with Crippen molar-refractivity contribution in [2.24, 2.45) is 0 Å². The van der Waals surface area contributed by atoms with Crippen LogP contribution >= 0.6 is 12.6 Å². The Morgan fingerprint density at radius 3 is 2.00 bits per heavy atom. The molecule has 0 aliphatic rings. The fourth-order valence-corrected chi connectivity index (χ4v) is 0. The van der Waals surface area contributed by atoms with Crippen molar-refractivity contribution < 1.29 is 20.8 Å². The summed E-state index contributed by atoms with van der Waals surface area (Å²) in [7, 11) is 0. The fourth-order valence-electron chi connectivity index (χ4n) is 0. The van der Waals surface area contributed by atoms with Crippen LogP contribution in [0.5, 0.6) is 0 Å². The van der Waals surface area contributed by atoms with Crippen LogP contribution in [0.4, 0.5) is 4.79 Å². The van der Waals surface area contributed by atoms with Crippen molar-refractivity contribution in [3.05, 3.63) is 0 Å². The van der Waals surface area contributed by atoms with Crippen LogP contribution in [-0.4, -0.2) is 4.01 Å². The molecule has 0 heterocycles. The first-order chi connectivity index (χ1) is 1.73. The minimum atomic E-state index is -0.389. The van der Waals surface area contributed by atoms with E-state index in [1.807, 2.05) is 0 Å². The van der Waals surface area contributed by atoms with Gasteiger partial charge >= 0.3 is 37.4 Å². The van der Waals surface area contributed by atoms with Gasteiger partial charge in [0.15, 0.2) is 0 Å². The van der Waals surface area contributed by atoms with Gasteiger partial charge in [0.05, 0.1) is 0 Å². The summed E-state index contributed by atoms with van der Waals surface area (Å²) in [5.41, 5.74) is 0. The number of thiol groups is 1. The summed E-state index contributed by atoms with van der Waals surface area (Å²) in [6, 6.07) is 0. The minimum absolute atomic E-state index is 0.389. The maximum absolute atomic E-state index is 9.20. The summed E-state index contributed by atoms with van der Waals surface area (Å²) >= 11 is 6.08. The molecular formula is CHFeOS. The van der Waals surface area contributed by atoms with Gasteiger partial charge in [-0.15, -0.1) is 0 Å². The van der Waals surface area contributed by atoms with Crippen LogP contribution in [0.3, 0.4) is 0 Å². The second-order valence-electron chi connectivity index (χ2n) is 0.243. The Bertz CT molecular complexity index is 31.0. The van der Waals surface area contributed by atoms with Crippen molar-refractivity contribution in [2.45, 2.75) is 0 Å². The van der Waals surface area contributed by atoms with Crippen molar-refractivity contribution in [2.75, 3.05) is 0 Å². The van der Waals surface area contributed by atoms with Crippen LogP contribution < -0.4 is 0 Å². The zero-order valence-electron chi connectivity index (χ0n) is 1.71. The van der Waals surface area contributed by atoms with Crippen molar-refractivity contribution in [3.63, 3.8) is 0 Å².